The van der Waals surface area contributed by atoms with Crippen LogP contribution in [0.5, 0.6) is 0 Å². The van der Waals surface area contributed by atoms with E-state index in [1.165, 1.54) is 0 Å². The first-order chi connectivity index (χ1) is 6.55. The third-order valence-electron chi connectivity index (χ3n) is 1.75. The highest BCUT2D eigenvalue weighted by atomic mass is 32.2. The van der Waals surface area contributed by atoms with E-state index in [4.69, 9.17) is 14.8 Å². The summed E-state index contributed by atoms with van der Waals surface area (Å²) < 4.78 is 26.8. The molecule has 0 fully saturated rings. The van der Waals surface area contributed by atoms with Crippen molar-refractivity contribution in [1.29, 1.82) is 0 Å². The largest absolute Gasteiger partial charge is 0.481 e. The zero-order valence-electron chi connectivity index (χ0n) is 7.50. The number of hydrogen-bond acceptors (Lipinski definition) is 5. The lowest BCUT2D eigenvalue weighted by atomic mass is 10.0. The van der Waals surface area contributed by atoms with Gasteiger partial charge in [0.2, 0.25) is 0 Å². The fourth-order valence-electron chi connectivity index (χ4n) is 0.947. The van der Waals surface area contributed by atoms with E-state index in [2.05, 4.69) is 0 Å². The third kappa shape index (κ3) is 2.30. The van der Waals surface area contributed by atoms with Crippen molar-refractivity contribution < 1.29 is 37.6 Å². The molecule has 0 aromatic rings. The molecule has 0 amide bonds. The molecule has 0 aliphatic heterocycles. The molecule has 0 heterocycles. The number of carbonyl (C=O) groups excluding carboxylic acids is 1. The smallest absolute Gasteiger partial charge is 0.335 e. The van der Waals surface area contributed by atoms with Crippen LogP contribution < -0.4 is 0 Å². The number of carbonyl (C=O) groups is 3. The van der Waals surface area contributed by atoms with Gasteiger partial charge in [0.15, 0.2) is 5.78 Å². The molecule has 0 rings (SSSR count). The van der Waals surface area contributed by atoms with Gasteiger partial charge < -0.3 is 10.2 Å². The minimum Gasteiger partial charge on any atom is -0.481 e. The molecule has 86 valence electrons. The molecule has 1 unspecified atom stereocenters. The monoisotopic (exact) mass is 240 g/mol. The maximum Gasteiger partial charge on any atom is 0.335 e. The van der Waals surface area contributed by atoms with Crippen molar-refractivity contribution in [1.82, 2.24) is 0 Å². The van der Waals surface area contributed by atoms with Crippen LogP contribution in [0, 0.1) is 0 Å². The minimum atomic E-state index is -5.35. The molecule has 15 heavy (non-hydrogen) atoms. The third-order valence-corrected chi connectivity index (χ3v) is 3.24. The number of carboxylic acid groups (broad SMARTS) is 2. The zero-order valence-corrected chi connectivity index (χ0v) is 8.31. The van der Waals surface area contributed by atoms with Crippen LogP contribution in [0.15, 0.2) is 0 Å². The first kappa shape index (κ1) is 13.5. The van der Waals surface area contributed by atoms with Crippen molar-refractivity contribution in [3.8, 4) is 0 Å². The quantitative estimate of drug-likeness (QED) is 0.399. The number of ketones is 1. The van der Waals surface area contributed by atoms with Crippen molar-refractivity contribution in [2.45, 2.75) is 18.1 Å². The van der Waals surface area contributed by atoms with Crippen molar-refractivity contribution in [2.75, 3.05) is 0 Å². The Morgan fingerprint density at radius 3 is 1.67 bits per heavy atom. The van der Waals surface area contributed by atoms with Crippen molar-refractivity contribution in [2.24, 2.45) is 0 Å². The van der Waals surface area contributed by atoms with Crippen LogP contribution in [-0.4, -0.2) is 45.7 Å². The van der Waals surface area contributed by atoms with Crippen LogP contribution >= 0.6 is 0 Å². The maximum absolute atomic E-state index is 10.9. The molecule has 0 aromatic carbocycles. The average Bonchev–Trinajstić information content (AvgIpc) is 1.95. The van der Waals surface area contributed by atoms with Crippen molar-refractivity contribution >= 4 is 27.8 Å². The highest BCUT2D eigenvalue weighted by Gasteiger charge is 2.57. The van der Waals surface area contributed by atoms with E-state index in [1.807, 2.05) is 0 Å². The van der Waals surface area contributed by atoms with Crippen molar-refractivity contribution in [3.63, 3.8) is 0 Å². The summed E-state index contributed by atoms with van der Waals surface area (Å²) in [6, 6.07) is 0. The second-order valence-corrected chi connectivity index (χ2v) is 4.38. The molecule has 0 bridgehead atoms. The maximum atomic E-state index is 10.9. The molecular formula is C6H8O8S. The normalized spacial score (nSPS) is 15.3. The summed E-state index contributed by atoms with van der Waals surface area (Å²) in [7, 11) is -5.35. The second-order valence-electron chi connectivity index (χ2n) is 2.73. The molecule has 0 aromatic heterocycles. The van der Waals surface area contributed by atoms with Crippen molar-refractivity contribution in [3.05, 3.63) is 0 Å². The Bertz CT molecular complexity index is 391. The molecule has 0 radical (unpaired) electrons. The molecule has 3 N–H and O–H groups in total. The summed E-state index contributed by atoms with van der Waals surface area (Å²) in [5, 5.41) is 16.9. The Morgan fingerprint density at radius 1 is 1.20 bits per heavy atom. The first-order valence-electron chi connectivity index (χ1n) is 3.49. The Balaban J connectivity index is 5.83. The number of Topliss-reactive ketones (excluding diaryl/α,β-unsaturated/α-hetero) is 1. The van der Waals surface area contributed by atoms with Gasteiger partial charge in [0.25, 0.3) is 14.9 Å². The van der Waals surface area contributed by atoms with Gasteiger partial charge in [-0.05, 0) is 6.92 Å². The molecule has 9 heteroatoms. The van der Waals surface area contributed by atoms with Crippen LogP contribution in [0.1, 0.15) is 13.3 Å². The van der Waals surface area contributed by atoms with Gasteiger partial charge in [0, 0.05) is 0 Å². The van der Waals surface area contributed by atoms with Gasteiger partial charge in [-0.2, -0.15) is 8.42 Å². The fraction of sp³-hybridized carbons (Fsp3) is 0.500. The molecule has 1 atom stereocenters. The lowest BCUT2D eigenvalue weighted by Crippen LogP contribution is -2.53. The predicted molar refractivity (Wildman–Crippen MR) is 44.8 cm³/mol. The minimum absolute atomic E-state index is 0.574. The van der Waals surface area contributed by atoms with Gasteiger partial charge in [-0.3, -0.25) is 14.1 Å². The van der Waals surface area contributed by atoms with Crippen LogP contribution in [-0.2, 0) is 24.5 Å². The van der Waals surface area contributed by atoms with E-state index < -0.39 is 39.0 Å². The molecular weight excluding hydrogens is 232 g/mol. The van der Waals surface area contributed by atoms with Gasteiger partial charge in [-0.25, -0.2) is 4.79 Å². The highest BCUT2D eigenvalue weighted by Crippen LogP contribution is 2.23. The Morgan fingerprint density at radius 2 is 1.60 bits per heavy atom. The lowest BCUT2D eigenvalue weighted by molar-refractivity contribution is -0.150. The van der Waals surface area contributed by atoms with Crippen LogP contribution in [0.2, 0.25) is 0 Å². The number of aliphatic carboxylic acids is 2. The van der Waals surface area contributed by atoms with E-state index in [9.17, 15) is 22.8 Å². The average molecular weight is 240 g/mol. The molecule has 0 aliphatic carbocycles. The zero-order chi connectivity index (χ0) is 12.4. The summed E-state index contributed by atoms with van der Waals surface area (Å²) in [5.41, 5.74) is 0. The standard InChI is InChI=1S/C6H8O8S/c1-3(7)6(5(10)11,2-4(8)9)15(12,13)14/h2H2,1H3,(H,8,9)(H,10,11)(H,12,13,14). The molecule has 0 saturated carbocycles. The predicted octanol–water partition coefficient (Wildman–Crippen LogP) is -1.24. The van der Waals surface area contributed by atoms with E-state index >= 15 is 0 Å². The highest BCUT2D eigenvalue weighted by molar-refractivity contribution is 7.89. The van der Waals surface area contributed by atoms with Crippen LogP contribution in [0.3, 0.4) is 0 Å². The lowest BCUT2D eigenvalue weighted by Gasteiger charge is -2.20. The topological polar surface area (TPSA) is 146 Å². The second kappa shape index (κ2) is 3.95. The SMILES string of the molecule is CC(=O)C(CC(=O)O)(C(=O)O)S(=O)(=O)O. The first-order valence-corrected chi connectivity index (χ1v) is 4.93. The van der Waals surface area contributed by atoms with Gasteiger partial charge in [-0.15, -0.1) is 0 Å². The van der Waals surface area contributed by atoms with E-state index in [-0.39, 0.29) is 0 Å². The summed E-state index contributed by atoms with van der Waals surface area (Å²) in [4.78, 5) is 31.8. The number of hydrogen-bond donors (Lipinski definition) is 3. The summed E-state index contributed by atoms with van der Waals surface area (Å²) in [6.07, 6.45) is -1.53. The fourth-order valence-corrected chi connectivity index (χ4v) is 1.84. The van der Waals surface area contributed by atoms with E-state index in [1.54, 1.807) is 0 Å². The molecule has 0 aliphatic rings. The molecule has 0 spiro atoms. The van der Waals surface area contributed by atoms with E-state index in [0.717, 1.165) is 0 Å². The Labute approximate surface area is 84.3 Å². The van der Waals surface area contributed by atoms with Gasteiger partial charge in [0.1, 0.15) is 0 Å². The van der Waals surface area contributed by atoms with Gasteiger partial charge in [0.05, 0.1) is 6.42 Å². The van der Waals surface area contributed by atoms with Crippen LogP contribution in [0.25, 0.3) is 0 Å². The summed E-state index contributed by atoms with van der Waals surface area (Å²) in [5.74, 6) is -5.52. The molecule has 8 nitrogen and oxygen atoms in total. The summed E-state index contributed by atoms with van der Waals surface area (Å²) >= 11 is 0. The number of carboxylic acids is 2. The van der Waals surface area contributed by atoms with Gasteiger partial charge >= 0.3 is 11.9 Å². The Kier molecular flexibility index (Phi) is 3.56. The Hall–Kier alpha value is -1.48. The number of rotatable bonds is 5. The van der Waals surface area contributed by atoms with Crippen LogP contribution in [0.4, 0.5) is 0 Å². The molecule has 0 saturated heterocycles. The van der Waals surface area contributed by atoms with E-state index in [0.29, 0.717) is 6.92 Å². The summed E-state index contributed by atoms with van der Waals surface area (Å²) in [6.45, 7) is 0.574. The van der Waals surface area contributed by atoms with Gasteiger partial charge in [-0.1, -0.05) is 0 Å².